The number of carboxylic acids is 1. The van der Waals surface area contributed by atoms with Crippen LogP contribution in [0.2, 0.25) is 0 Å². The van der Waals surface area contributed by atoms with Gasteiger partial charge in [0.2, 0.25) is 0 Å². The first kappa shape index (κ1) is 16.1. The molecule has 1 fully saturated rings. The van der Waals surface area contributed by atoms with Crippen molar-refractivity contribution < 1.29 is 14.7 Å². The molecule has 1 aliphatic rings. The van der Waals surface area contributed by atoms with Crippen molar-refractivity contribution in [3.63, 3.8) is 0 Å². The van der Waals surface area contributed by atoms with Crippen LogP contribution < -0.4 is 5.32 Å². The van der Waals surface area contributed by atoms with E-state index < -0.39 is 5.97 Å². The van der Waals surface area contributed by atoms with Crippen molar-refractivity contribution in [3.8, 4) is 0 Å². The molecule has 0 aliphatic carbocycles. The van der Waals surface area contributed by atoms with Crippen LogP contribution >= 0.6 is 11.8 Å². The molecule has 6 heteroatoms. The number of thioether (sulfide) groups is 1. The largest absolute Gasteiger partial charge is 0.481 e. The van der Waals surface area contributed by atoms with E-state index in [1.54, 1.807) is 16.7 Å². The number of hydrogen-bond donors (Lipinski definition) is 2. The van der Waals surface area contributed by atoms with Crippen molar-refractivity contribution in [2.75, 3.05) is 25.1 Å². The van der Waals surface area contributed by atoms with Gasteiger partial charge in [-0.25, -0.2) is 4.79 Å². The van der Waals surface area contributed by atoms with Crippen molar-refractivity contribution in [2.24, 2.45) is 11.8 Å². The first-order chi connectivity index (χ1) is 8.95. The summed E-state index contributed by atoms with van der Waals surface area (Å²) in [5.74, 6) is 0.414. The van der Waals surface area contributed by atoms with Gasteiger partial charge in [0.05, 0.1) is 5.92 Å². The lowest BCUT2D eigenvalue weighted by Gasteiger charge is -2.36. The Labute approximate surface area is 119 Å². The van der Waals surface area contributed by atoms with Crippen LogP contribution in [0.1, 0.15) is 26.7 Å². The number of likely N-dealkylation sites (tertiary alicyclic amines) is 1. The molecule has 1 saturated heterocycles. The van der Waals surface area contributed by atoms with E-state index in [4.69, 9.17) is 5.11 Å². The quantitative estimate of drug-likeness (QED) is 0.810. The van der Waals surface area contributed by atoms with E-state index in [-0.39, 0.29) is 18.0 Å². The summed E-state index contributed by atoms with van der Waals surface area (Å²) >= 11 is 1.77. The van der Waals surface area contributed by atoms with Gasteiger partial charge in [0.25, 0.3) is 0 Å². The maximum atomic E-state index is 12.1. The summed E-state index contributed by atoms with van der Waals surface area (Å²) in [4.78, 5) is 24.8. The average molecular weight is 288 g/mol. The van der Waals surface area contributed by atoms with Gasteiger partial charge in [-0.1, -0.05) is 6.92 Å². The Morgan fingerprint density at radius 2 is 2.21 bits per heavy atom. The molecule has 2 N–H and O–H groups in total. The molecule has 2 amide bonds. The minimum atomic E-state index is -0.750. The minimum Gasteiger partial charge on any atom is -0.481 e. The van der Waals surface area contributed by atoms with Crippen molar-refractivity contribution >= 4 is 23.8 Å². The fraction of sp³-hybridized carbons (Fsp3) is 0.846. The van der Waals surface area contributed by atoms with Crippen LogP contribution in [-0.2, 0) is 4.79 Å². The molecule has 1 aliphatic heterocycles. The summed E-state index contributed by atoms with van der Waals surface area (Å²) in [7, 11) is 0. The summed E-state index contributed by atoms with van der Waals surface area (Å²) < 4.78 is 0. The van der Waals surface area contributed by atoms with Gasteiger partial charge < -0.3 is 15.3 Å². The van der Waals surface area contributed by atoms with Gasteiger partial charge in [0, 0.05) is 19.1 Å². The number of nitrogens with one attached hydrogen (secondary N) is 1. The standard InChI is InChI=1S/C13H24N2O3S/c1-9(8-19-3)7-14-13(18)15-5-4-11(12(16)17)6-10(15)2/h9-11H,4-8H2,1-3H3,(H,14,18)(H,16,17). The molecule has 0 saturated carbocycles. The second-order valence-electron chi connectivity index (χ2n) is 5.35. The molecule has 0 aromatic rings. The van der Waals surface area contributed by atoms with Crippen LogP contribution in [0.4, 0.5) is 4.79 Å². The molecule has 3 unspecified atom stereocenters. The first-order valence-electron chi connectivity index (χ1n) is 6.71. The molecule has 0 aromatic carbocycles. The Bertz CT molecular complexity index is 325. The second kappa shape index (κ2) is 7.62. The molecule has 0 bridgehead atoms. The topological polar surface area (TPSA) is 69.6 Å². The summed E-state index contributed by atoms with van der Waals surface area (Å²) in [6.45, 7) is 5.23. The highest BCUT2D eigenvalue weighted by Gasteiger charge is 2.32. The summed E-state index contributed by atoms with van der Waals surface area (Å²) in [5, 5.41) is 11.9. The van der Waals surface area contributed by atoms with Crippen molar-refractivity contribution in [3.05, 3.63) is 0 Å². The number of urea groups is 1. The normalized spacial score (nSPS) is 24.9. The lowest BCUT2D eigenvalue weighted by molar-refractivity contribution is -0.143. The summed E-state index contributed by atoms with van der Waals surface area (Å²) in [6.07, 6.45) is 3.15. The van der Waals surface area contributed by atoms with Crippen molar-refractivity contribution in [1.82, 2.24) is 10.2 Å². The number of carbonyl (C=O) groups excluding carboxylic acids is 1. The van der Waals surface area contributed by atoms with Gasteiger partial charge in [-0.15, -0.1) is 0 Å². The molecule has 0 spiro atoms. The lowest BCUT2D eigenvalue weighted by atomic mass is 9.92. The van der Waals surface area contributed by atoms with E-state index >= 15 is 0 Å². The maximum absolute atomic E-state index is 12.1. The highest BCUT2D eigenvalue weighted by atomic mass is 32.2. The van der Waals surface area contributed by atoms with Crippen LogP contribution in [-0.4, -0.2) is 53.1 Å². The second-order valence-corrected chi connectivity index (χ2v) is 6.26. The molecule has 1 heterocycles. The average Bonchev–Trinajstić information content (AvgIpc) is 2.36. The zero-order chi connectivity index (χ0) is 14.4. The highest BCUT2D eigenvalue weighted by molar-refractivity contribution is 7.98. The molecule has 110 valence electrons. The number of amides is 2. The monoisotopic (exact) mass is 288 g/mol. The Balaban J connectivity index is 2.39. The number of carbonyl (C=O) groups is 2. The van der Waals surface area contributed by atoms with E-state index in [1.165, 1.54) is 0 Å². The lowest BCUT2D eigenvalue weighted by Crippen LogP contribution is -2.50. The summed E-state index contributed by atoms with van der Waals surface area (Å²) in [5.41, 5.74) is 0. The van der Waals surface area contributed by atoms with E-state index in [9.17, 15) is 9.59 Å². The van der Waals surface area contributed by atoms with Crippen LogP contribution in [0.5, 0.6) is 0 Å². The van der Waals surface area contributed by atoms with E-state index in [0.29, 0.717) is 31.8 Å². The number of hydrogen-bond acceptors (Lipinski definition) is 3. The van der Waals surface area contributed by atoms with E-state index in [0.717, 1.165) is 5.75 Å². The fourth-order valence-corrected chi connectivity index (χ4v) is 3.09. The minimum absolute atomic E-state index is 0.00861. The zero-order valence-electron chi connectivity index (χ0n) is 11.9. The van der Waals surface area contributed by atoms with Gasteiger partial charge in [-0.2, -0.15) is 11.8 Å². The maximum Gasteiger partial charge on any atom is 0.317 e. The molecular formula is C13H24N2O3S. The third-order valence-electron chi connectivity index (χ3n) is 3.54. The number of rotatable bonds is 5. The SMILES string of the molecule is CSCC(C)CNC(=O)N1CCC(C(=O)O)CC1C. The molecule has 0 radical (unpaired) electrons. The smallest absolute Gasteiger partial charge is 0.317 e. The molecule has 19 heavy (non-hydrogen) atoms. The first-order valence-corrected chi connectivity index (χ1v) is 8.11. The Morgan fingerprint density at radius 1 is 1.53 bits per heavy atom. The van der Waals surface area contributed by atoms with Gasteiger partial charge in [0.15, 0.2) is 0 Å². The van der Waals surface area contributed by atoms with Gasteiger partial charge in [-0.05, 0) is 37.7 Å². The highest BCUT2D eigenvalue weighted by Crippen LogP contribution is 2.22. The fourth-order valence-electron chi connectivity index (χ4n) is 2.40. The Kier molecular flexibility index (Phi) is 6.48. The van der Waals surface area contributed by atoms with Crippen LogP contribution in [0.25, 0.3) is 0 Å². The van der Waals surface area contributed by atoms with Crippen molar-refractivity contribution in [1.29, 1.82) is 0 Å². The number of aliphatic carboxylic acids is 1. The predicted octanol–water partition coefficient (Wildman–Crippen LogP) is 1.88. The number of carboxylic acid groups (broad SMARTS) is 1. The van der Waals surface area contributed by atoms with Crippen LogP contribution in [0, 0.1) is 11.8 Å². The molecule has 5 nitrogen and oxygen atoms in total. The van der Waals surface area contributed by atoms with Crippen LogP contribution in [0.15, 0.2) is 0 Å². The summed E-state index contributed by atoms with van der Waals surface area (Å²) in [6, 6.07) is -0.0741. The third-order valence-corrected chi connectivity index (χ3v) is 4.44. The Morgan fingerprint density at radius 3 is 2.74 bits per heavy atom. The van der Waals surface area contributed by atoms with Crippen LogP contribution in [0.3, 0.4) is 0 Å². The Hall–Kier alpha value is -0.910. The van der Waals surface area contributed by atoms with E-state index in [2.05, 4.69) is 18.5 Å². The number of piperidine rings is 1. The van der Waals surface area contributed by atoms with Crippen molar-refractivity contribution in [2.45, 2.75) is 32.7 Å². The zero-order valence-corrected chi connectivity index (χ0v) is 12.7. The molecular weight excluding hydrogens is 264 g/mol. The van der Waals surface area contributed by atoms with Gasteiger partial charge in [0.1, 0.15) is 0 Å². The molecule has 1 rings (SSSR count). The number of nitrogens with zero attached hydrogens (tertiary/aromatic N) is 1. The molecule has 0 aromatic heterocycles. The van der Waals surface area contributed by atoms with E-state index in [1.807, 2.05) is 6.92 Å². The predicted molar refractivity (Wildman–Crippen MR) is 77.5 cm³/mol. The third kappa shape index (κ3) is 4.93. The van der Waals surface area contributed by atoms with Gasteiger partial charge in [-0.3, -0.25) is 4.79 Å². The van der Waals surface area contributed by atoms with Gasteiger partial charge >= 0.3 is 12.0 Å². The molecule has 3 atom stereocenters.